The predicted molar refractivity (Wildman–Crippen MR) is 80.8 cm³/mol. The molecule has 0 saturated heterocycles. The molecule has 0 fully saturated rings. The fourth-order valence-corrected chi connectivity index (χ4v) is 2.84. The van der Waals surface area contributed by atoms with E-state index in [4.69, 9.17) is 38.4 Å². The second-order valence-electron chi connectivity index (χ2n) is 4.66. The van der Waals surface area contributed by atoms with Crippen LogP contribution in [0.2, 0.25) is 10.0 Å². The Balaban J connectivity index is 2.21. The van der Waals surface area contributed by atoms with E-state index in [9.17, 15) is 4.39 Å². The Kier molecular flexibility index (Phi) is 3.93. The minimum Gasteiger partial charge on any atom is -0.486 e. The van der Waals surface area contributed by atoms with E-state index in [0.29, 0.717) is 39.2 Å². The first-order chi connectivity index (χ1) is 10.1. The summed E-state index contributed by atoms with van der Waals surface area (Å²) in [5.74, 6) is 0.285. The van der Waals surface area contributed by atoms with Crippen LogP contribution in [0.3, 0.4) is 0 Å². The molecule has 21 heavy (non-hydrogen) atoms. The van der Waals surface area contributed by atoms with Gasteiger partial charge < -0.3 is 15.2 Å². The van der Waals surface area contributed by atoms with Crippen molar-refractivity contribution in [3.05, 3.63) is 46.2 Å². The molecule has 0 bridgehead atoms. The fraction of sp³-hybridized carbons (Fsp3) is 0.200. The van der Waals surface area contributed by atoms with Gasteiger partial charge in [0.2, 0.25) is 0 Å². The maximum absolute atomic E-state index is 13.8. The van der Waals surface area contributed by atoms with Crippen molar-refractivity contribution in [2.24, 2.45) is 5.73 Å². The number of hydrogen-bond donors (Lipinski definition) is 1. The molecule has 0 unspecified atom stereocenters. The summed E-state index contributed by atoms with van der Waals surface area (Å²) in [6, 6.07) is 7.69. The minimum absolute atomic E-state index is 0.280. The summed E-state index contributed by atoms with van der Waals surface area (Å²) in [6.07, 6.45) is -0.289. The highest BCUT2D eigenvalue weighted by atomic mass is 35.5. The molecule has 2 N–H and O–H groups in total. The lowest BCUT2D eigenvalue weighted by molar-refractivity contribution is 0.0971. The number of nitrogens with two attached hydrogens (primary N) is 1. The quantitative estimate of drug-likeness (QED) is 0.909. The summed E-state index contributed by atoms with van der Waals surface area (Å²) in [5.41, 5.74) is 6.58. The van der Waals surface area contributed by atoms with Crippen LogP contribution in [0.15, 0.2) is 30.3 Å². The maximum Gasteiger partial charge on any atom is 0.169 e. The van der Waals surface area contributed by atoms with Gasteiger partial charge in [0.05, 0.1) is 10.0 Å². The van der Waals surface area contributed by atoms with Crippen molar-refractivity contribution in [3.8, 4) is 22.6 Å². The first-order valence-corrected chi connectivity index (χ1v) is 7.13. The number of rotatable bonds is 2. The molecule has 0 aromatic heterocycles. The van der Waals surface area contributed by atoms with Gasteiger partial charge in [0.15, 0.2) is 11.5 Å². The third-order valence-electron chi connectivity index (χ3n) is 3.22. The Labute approximate surface area is 131 Å². The van der Waals surface area contributed by atoms with Crippen LogP contribution < -0.4 is 15.2 Å². The number of benzene rings is 2. The molecule has 110 valence electrons. The average molecular weight is 328 g/mol. The van der Waals surface area contributed by atoms with E-state index in [1.165, 1.54) is 12.1 Å². The zero-order chi connectivity index (χ0) is 15.0. The van der Waals surface area contributed by atoms with Crippen LogP contribution in [0.25, 0.3) is 11.1 Å². The van der Waals surface area contributed by atoms with Crippen molar-refractivity contribution in [1.29, 1.82) is 0 Å². The molecule has 0 radical (unpaired) electrons. The van der Waals surface area contributed by atoms with Gasteiger partial charge >= 0.3 is 0 Å². The van der Waals surface area contributed by atoms with Gasteiger partial charge in [0.25, 0.3) is 0 Å². The Bertz CT molecular complexity index is 673. The lowest BCUT2D eigenvalue weighted by Gasteiger charge is -2.28. The van der Waals surface area contributed by atoms with Gasteiger partial charge in [-0.3, -0.25) is 0 Å². The van der Waals surface area contributed by atoms with Gasteiger partial charge in [-0.15, -0.1) is 0 Å². The summed E-state index contributed by atoms with van der Waals surface area (Å²) in [6.45, 7) is 0.579. The summed E-state index contributed by atoms with van der Waals surface area (Å²) >= 11 is 12.4. The van der Waals surface area contributed by atoms with Crippen molar-refractivity contribution in [2.45, 2.75) is 6.10 Å². The lowest BCUT2D eigenvalue weighted by atomic mass is 10.0. The number of fused-ring (bicyclic) bond motifs is 1. The zero-order valence-electron chi connectivity index (χ0n) is 10.9. The van der Waals surface area contributed by atoms with E-state index in [2.05, 4.69) is 0 Å². The molecule has 0 saturated carbocycles. The highest BCUT2D eigenvalue weighted by Crippen LogP contribution is 2.46. The van der Waals surface area contributed by atoms with Crippen molar-refractivity contribution in [3.63, 3.8) is 0 Å². The number of halogens is 3. The van der Waals surface area contributed by atoms with E-state index >= 15 is 0 Å². The summed E-state index contributed by atoms with van der Waals surface area (Å²) in [5, 5.41) is 0.822. The van der Waals surface area contributed by atoms with E-state index < -0.39 is 5.82 Å². The Morgan fingerprint density at radius 2 is 1.95 bits per heavy atom. The molecule has 2 aromatic rings. The average Bonchev–Trinajstić information content (AvgIpc) is 2.46. The second-order valence-corrected chi connectivity index (χ2v) is 5.48. The Morgan fingerprint density at radius 1 is 1.24 bits per heavy atom. The summed E-state index contributed by atoms with van der Waals surface area (Å²) in [7, 11) is 0. The standard InChI is InChI=1S/C15H12Cl2FNO2/c16-11-2-1-3-12(17)14(11)10-4-8(18)5-13-15(10)21-9(6-19)7-20-13/h1-5,9H,6-7,19H2/t9-/m1/s1. The van der Waals surface area contributed by atoms with Gasteiger partial charge in [-0.2, -0.15) is 0 Å². The fourth-order valence-electron chi connectivity index (χ4n) is 2.24. The molecule has 1 aliphatic heterocycles. The minimum atomic E-state index is -0.450. The van der Waals surface area contributed by atoms with Gasteiger partial charge in [0.1, 0.15) is 18.5 Å². The maximum atomic E-state index is 13.8. The molecule has 3 rings (SSSR count). The monoisotopic (exact) mass is 327 g/mol. The van der Waals surface area contributed by atoms with Crippen molar-refractivity contribution >= 4 is 23.2 Å². The molecule has 0 amide bonds. The van der Waals surface area contributed by atoms with Crippen molar-refractivity contribution < 1.29 is 13.9 Å². The first-order valence-electron chi connectivity index (χ1n) is 6.37. The molecule has 3 nitrogen and oxygen atoms in total. The highest BCUT2D eigenvalue weighted by Gasteiger charge is 2.26. The normalized spacial score (nSPS) is 16.9. The topological polar surface area (TPSA) is 44.5 Å². The van der Waals surface area contributed by atoms with Crippen LogP contribution in [0.1, 0.15) is 0 Å². The highest BCUT2D eigenvalue weighted by molar-refractivity contribution is 6.39. The zero-order valence-corrected chi connectivity index (χ0v) is 12.4. The molecule has 1 atom stereocenters. The first kappa shape index (κ1) is 14.4. The summed E-state index contributed by atoms with van der Waals surface area (Å²) < 4.78 is 25.2. The third kappa shape index (κ3) is 2.67. The van der Waals surface area contributed by atoms with E-state index in [-0.39, 0.29) is 12.7 Å². The van der Waals surface area contributed by atoms with E-state index in [1.54, 1.807) is 18.2 Å². The molecule has 1 aliphatic rings. The van der Waals surface area contributed by atoms with Gasteiger partial charge in [-0.05, 0) is 18.2 Å². The summed E-state index contributed by atoms with van der Waals surface area (Å²) in [4.78, 5) is 0. The molecule has 2 aromatic carbocycles. The van der Waals surface area contributed by atoms with Crippen molar-refractivity contribution in [2.75, 3.05) is 13.2 Å². The van der Waals surface area contributed by atoms with Gasteiger partial charge in [-0.25, -0.2) is 4.39 Å². The molecular weight excluding hydrogens is 316 g/mol. The van der Waals surface area contributed by atoms with E-state index in [1.807, 2.05) is 0 Å². The van der Waals surface area contributed by atoms with Crippen LogP contribution in [0.4, 0.5) is 4.39 Å². The molecule has 6 heteroatoms. The molecule has 0 spiro atoms. The van der Waals surface area contributed by atoms with Crippen LogP contribution in [-0.2, 0) is 0 Å². The van der Waals surface area contributed by atoms with Gasteiger partial charge in [-0.1, -0.05) is 29.3 Å². The van der Waals surface area contributed by atoms with Crippen LogP contribution in [-0.4, -0.2) is 19.3 Å². The van der Waals surface area contributed by atoms with Crippen LogP contribution >= 0.6 is 23.2 Å². The Hall–Kier alpha value is -1.49. The lowest BCUT2D eigenvalue weighted by Crippen LogP contribution is -2.36. The smallest absolute Gasteiger partial charge is 0.169 e. The van der Waals surface area contributed by atoms with Gasteiger partial charge in [0, 0.05) is 23.7 Å². The van der Waals surface area contributed by atoms with E-state index in [0.717, 1.165) is 0 Å². The van der Waals surface area contributed by atoms with Crippen molar-refractivity contribution in [1.82, 2.24) is 0 Å². The molecular formula is C15H12Cl2FNO2. The second kappa shape index (κ2) is 5.72. The molecule has 0 aliphatic carbocycles. The van der Waals surface area contributed by atoms with Crippen LogP contribution in [0.5, 0.6) is 11.5 Å². The predicted octanol–water partition coefficient (Wildman–Crippen LogP) is 3.90. The Morgan fingerprint density at radius 3 is 2.62 bits per heavy atom. The molecule has 1 heterocycles. The largest absolute Gasteiger partial charge is 0.486 e. The SMILES string of the molecule is NC[C@@H]1COc2cc(F)cc(-c3c(Cl)cccc3Cl)c2O1. The third-order valence-corrected chi connectivity index (χ3v) is 3.85. The number of ether oxygens (including phenoxy) is 2. The van der Waals surface area contributed by atoms with Crippen LogP contribution in [0, 0.1) is 5.82 Å². The number of hydrogen-bond acceptors (Lipinski definition) is 3.